The molecule has 1 aromatic carbocycles. The lowest BCUT2D eigenvalue weighted by Crippen LogP contribution is -2.41. The van der Waals surface area contributed by atoms with Crippen molar-refractivity contribution in [2.45, 2.75) is 13.0 Å². The molecule has 1 aliphatic heterocycles. The SMILES string of the molecule is CC1CN(c2nc3cc(Cl)ccc3cc2C#N)CCO1. The first kappa shape index (κ1) is 13.2. The Hall–Kier alpha value is -1.83. The molecule has 1 atom stereocenters. The molecule has 0 spiro atoms. The van der Waals surface area contributed by atoms with Crippen LogP contribution in [0.25, 0.3) is 10.9 Å². The summed E-state index contributed by atoms with van der Waals surface area (Å²) < 4.78 is 5.54. The molecule has 20 heavy (non-hydrogen) atoms. The van der Waals surface area contributed by atoms with Crippen LogP contribution in [0.15, 0.2) is 24.3 Å². The number of benzene rings is 1. The van der Waals surface area contributed by atoms with Crippen molar-refractivity contribution in [3.8, 4) is 6.07 Å². The zero-order valence-electron chi connectivity index (χ0n) is 11.1. The maximum absolute atomic E-state index is 9.36. The molecule has 2 aromatic rings. The highest BCUT2D eigenvalue weighted by molar-refractivity contribution is 6.31. The Morgan fingerprint density at radius 3 is 3.05 bits per heavy atom. The van der Waals surface area contributed by atoms with Crippen molar-refractivity contribution in [3.63, 3.8) is 0 Å². The summed E-state index contributed by atoms with van der Waals surface area (Å²) in [5, 5.41) is 10.9. The predicted octanol–water partition coefficient (Wildman–Crippen LogP) is 2.98. The fourth-order valence-corrected chi connectivity index (χ4v) is 2.63. The number of nitriles is 1. The Balaban J connectivity index is 2.10. The maximum Gasteiger partial charge on any atom is 0.147 e. The van der Waals surface area contributed by atoms with E-state index in [2.05, 4.69) is 16.0 Å². The lowest BCUT2D eigenvalue weighted by atomic mass is 10.1. The lowest BCUT2D eigenvalue weighted by molar-refractivity contribution is 0.0529. The van der Waals surface area contributed by atoms with Gasteiger partial charge in [0.1, 0.15) is 11.9 Å². The highest BCUT2D eigenvalue weighted by atomic mass is 35.5. The lowest BCUT2D eigenvalue weighted by Gasteiger charge is -2.32. The Morgan fingerprint density at radius 2 is 2.30 bits per heavy atom. The van der Waals surface area contributed by atoms with Crippen LogP contribution in [0.4, 0.5) is 5.82 Å². The minimum atomic E-state index is 0.146. The molecule has 0 N–H and O–H groups in total. The molecule has 0 saturated carbocycles. The minimum Gasteiger partial charge on any atom is -0.375 e. The van der Waals surface area contributed by atoms with Crippen molar-refractivity contribution in [3.05, 3.63) is 34.9 Å². The van der Waals surface area contributed by atoms with Gasteiger partial charge >= 0.3 is 0 Å². The topological polar surface area (TPSA) is 49.2 Å². The van der Waals surface area contributed by atoms with E-state index in [1.807, 2.05) is 31.2 Å². The van der Waals surface area contributed by atoms with Crippen molar-refractivity contribution >= 4 is 28.3 Å². The molecule has 5 heteroatoms. The van der Waals surface area contributed by atoms with Crippen LogP contribution in [0.3, 0.4) is 0 Å². The van der Waals surface area contributed by atoms with Crippen molar-refractivity contribution < 1.29 is 4.74 Å². The summed E-state index contributed by atoms with van der Waals surface area (Å²) in [6.45, 7) is 4.17. The second-order valence-corrected chi connectivity index (χ2v) is 5.37. The summed E-state index contributed by atoms with van der Waals surface area (Å²) in [5.41, 5.74) is 1.40. The summed E-state index contributed by atoms with van der Waals surface area (Å²) in [5.74, 6) is 0.720. The second kappa shape index (κ2) is 5.28. The van der Waals surface area contributed by atoms with Crippen molar-refractivity contribution in [1.29, 1.82) is 5.26 Å². The van der Waals surface area contributed by atoms with Gasteiger partial charge in [-0.3, -0.25) is 0 Å². The number of fused-ring (bicyclic) bond motifs is 1. The molecule has 3 rings (SSSR count). The molecule has 1 aromatic heterocycles. The fraction of sp³-hybridized carbons (Fsp3) is 0.333. The zero-order chi connectivity index (χ0) is 14.1. The molecule has 102 valence electrons. The number of ether oxygens (including phenoxy) is 1. The third kappa shape index (κ3) is 2.43. The first-order valence-electron chi connectivity index (χ1n) is 6.54. The van der Waals surface area contributed by atoms with E-state index < -0.39 is 0 Å². The van der Waals surface area contributed by atoms with Gasteiger partial charge in [0, 0.05) is 23.5 Å². The van der Waals surface area contributed by atoms with E-state index >= 15 is 0 Å². The van der Waals surface area contributed by atoms with Crippen LogP contribution in [0.5, 0.6) is 0 Å². The van der Waals surface area contributed by atoms with Gasteiger partial charge in [0.05, 0.1) is 23.8 Å². The number of anilines is 1. The third-order valence-corrected chi connectivity index (χ3v) is 3.66. The maximum atomic E-state index is 9.36. The van der Waals surface area contributed by atoms with Crippen molar-refractivity contribution in [1.82, 2.24) is 4.98 Å². The second-order valence-electron chi connectivity index (χ2n) is 4.94. The molecule has 1 fully saturated rings. The number of pyridine rings is 1. The average Bonchev–Trinajstić information content (AvgIpc) is 2.45. The first-order chi connectivity index (χ1) is 9.67. The molecule has 0 aliphatic carbocycles. The van der Waals surface area contributed by atoms with Crippen LogP contribution >= 0.6 is 11.6 Å². The van der Waals surface area contributed by atoms with E-state index in [0.717, 1.165) is 29.8 Å². The Morgan fingerprint density at radius 1 is 1.45 bits per heavy atom. The van der Waals surface area contributed by atoms with Gasteiger partial charge in [-0.1, -0.05) is 17.7 Å². The molecule has 1 unspecified atom stereocenters. The normalized spacial score (nSPS) is 19.1. The molecular weight excluding hydrogens is 274 g/mol. The van der Waals surface area contributed by atoms with Gasteiger partial charge in [0.25, 0.3) is 0 Å². The summed E-state index contributed by atoms with van der Waals surface area (Å²) in [6.07, 6.45) is 0.146. The number of hydrogen-bond acceptors (Lipinski definition) is 4. The van der Waals surface area contributed by atoms with Crippen LogP contribution in [-0.4, -0.2) is 30.8 Å². The van der Waals surface area contributed by atoms with E-state index in [1.165, 1.54) is 0 Å². The molecule has 0 amide bonds. The highest BCUT2D eigenvalue weighted by Gasteiger charge is 2.21. The van der Waals surface area contributed by atoms with Crippen LogP contribution in [0.2, 0.25) is 5.02 Å². The summed E-state index contributed by atoms with van der Waals surface area (Å²) in [4.78, 5) is 6.73. The monoisotopic (exact) mass is 287 g/mol. The van der Waals surface area contributed by atoms with E-state index in [9.17, 15) is 5.26 Å². The number of rotatable bonds is 1. The third-order valence-electron chi connectivity index (χ3n) is 3.42. The zero-order valence-corrected chi connectivity index (χ0v) is 11.9. The minimum absolute atomic E-state index is 0.146. The number of halogens is 1. The number of aromatic nitrogens is 1. The standard InChI is InChI=1S/C15H14ClN3O/c1-10-9-19(4-5-20-10)15-12(8-17)6-11-2-3-13(16)7-14(11)18-15/h2-3,6-7,10H,4-5,9H2,1H3. The van der Waals surface area contributed by atoms with Crippen LogP contribution < -0.4 is 4.90 Å². The van der Waals surface area contributed by atoms with E-state index in [1.54, 1.807) is 0 Å². The average molecular weight is 288 g/mol. The van der Waals surface area contributed by atoms with Crippen molar-refractivity contribution in [2.75, 3.05) is 24.6 Å². The van der Waals surface area contributed by atoms with Gasteiger partial charge in [-0.2, -0.15) is 5.26 Å². The Kier molecular flexibility index (Phi) is 3.47. The fourth-order valence-electron chi connectivity index (χ4n) is 2.46. The van der Waals surface area contributed by atoms with Crippen molar-refractivity contribution in [2.24, 2.45) is 0 Å². The largest absolute Gasteiger partial charge is 0.375 e. The molecule has 0 bridgehead atoms. The predicted molar refractivity (Wildman–Crippen MR) is 79.1 cm³/mol. The molecular formula is C15H14ClN3O. The number of hydrogen-bond donors (Lipinski definition) is 0. The molecule has 0 radical (unpaired) electrons. The molecule has 1 saturated heterocycles. The van der Waals surface area contributed by atoms with Gasteiger partial charge in [-0.15, -0.1) is 0 Å². The first-order valence-corrected chi connectivity index (χ1v) is 6.92. The van der Waals surface area contributed by atoms with E-state index in [4.69, 9.17) is 16.3 Å². The smallest absolute Gasteiger partial charge is 0.147 e. The molecule has 2 heterocycles. The quantitative estimate of drug-likeness (QED) is 0.809. The highest BCUT2D eigenvalue weighted by Crippen LogP contribution is 2.26. The van der Waals surface area contributed by atoms with Gasteiger partial charge in [-0.05, 0) is 25.1 Å². The summed E-state index contributed by atoms with van der Waals surface area (Å²) in [7, 11) is 0. The molecule has 4 nitrogen and oxygen atoms in total. The number of nitrogens with zero attached hydrogens (tertiary/aromatic N) is 3. The Labute approximate surface area is 122 Å². The summed E-state index contributed by atoms with van der Waals surface area (Å²) in [6, 6.07) is 9.63. The van der Waals surface area contributed by atoms with Gasteiger partial charge in [-0.25, -0.2) is 4.98 Å². The van der Waals surface area contributed by atoms with Gasteiger partial charge < -0.3 is 9.64 Å². The van der Waals surface area contributed by atoms with Crippen LogP contribution in [-0.2, 0) is 4.74 Å². The molecule has 1 aliphatic rings. The van der Waals surface area contributed by atoms with Gasteiger partial charge in [0.15, 0.2) is 0 Å². The van der Waals surface area contributed by atoms with E-state index in [0.29, 0.717) is 17.2 Å². The van der Waals surface area contributed by atoms with E-state index in [-0.39, 0.29) is 6.10 Å². The van der Waals surface area contributed by atoms with Crippen LogP contribution in [0, 0.1) is 11.3 Å². The van der Waals surface area contributed by atoms with Crippen LogP contribution in [0.1, 0.15) is 12.5 Å². The Bertz CT molecular complexity index is 695. The summed E-state index contributed by atoms with van der Waals surface area (Å²) >= 11 is 6.02. The van der Waals surface area contributed by atoms with Gasteiger partial charge in [0.2, 0.25) is 0 Å². The number of morpholine rings is 1.